The van der Waals surface area contributed by atoms with Crippen LogP contribution in [0.15, 0.2) is 11.4 Å². The third-order valence-corrected chi connectivity index (χ3v) is 6.51. The summed E-state index contributed by atoms with van der Waals surface area (Å²) in [6, 6.07) is 2.17. The normalized spacial score (nSPS) is 24.7. The lowest BCUT2D eigenvalue weighted by Crippen LogP contribution is -2.64. The van der Waals surface area contributed by atoms with Crippen molar-refractivity contribution in [2.24, 2.45) is 5.92 Å². The predicted octanol–water partition coefficient (Wildman–Crippen LogP) is 1.59. The first-order valence-corrected chi connectivity index (χ1v) is 10.5. The standard InChI is InChI=1S/C15H24N2O3S2/c1-12-5-8-21-14(12)9-17-10-15(11-17)13(4-7-20-15)3-6-16-22(2,18)19/h5,8,13,16H,3-4,6-7,9-11H2,1-2H3. The molecule has 7 heteroatoms. The first-order valence-electron chi connectivity index (χ1n) is 7.72. The summed E-state index contributed by atoms with van der Waals surface area (Å²) in [6.07, 6.45) is 3.11. The zero-order chi connectivity index (χ0) is 15.8. The first kappa shape index (κ1) is 16.4. The van der Waals surface area contributed by atoms with E-state index < -0.39 is 10.0 Å². The highest BCUT2D eigenvalue weighted by atomic mass is 32.2. The molecule has 1 spiro atoms. The number of aryl methyl sites for hydroxylation is 1. The summed E-state index contributed by atoms with van der Waals surface area (Å²) in [5, 5.41) is 2.14. The molecule has 2 fully saturated rings. The number of thiophene rings is 1. The van der Waals surface area contributed by atoms with Crippen LogP contribution in [-0.4, -0.2) is 51.4 Å². The number of sulfonamides is 1. The maximum absolute atomic E-state index is 11.2. The summed E-state index contributed by atoms with van der Waals surface area (Å²) < 4.78 is 31.0. The van der Waals surface area contributed by atoms with Crippen molar-refractivity contribution in [3.05, 3.63) is 21.9 Å². The fourth-order valence-corrected chi connectivity index (χ4v) is 4.99. The van der Waals surface area contributed by atoms with Crippen LogP contribution in [0.4, 0.5) is 0 Å². The van der Waals surface area contributed by atoms with Gasteiger partial charge in [0.1, 0.15) is 0 Å². The van der Waals surface area contributed by atoms with Crippen LogP contribution in [0.3, 0.4) is 0 Å². The number of nitrogens with zero attached hydrogens (tertiary/aromatic N) is 1. The van der Waals surface area contributed by atoms with E-state index in [4.69, 9.17) is 4.74 Å². The Bertz CT molecular complexity index is 620. The van der Waals surface area contributed by atoms with Gasteiger partial charge in [0.05, 0.1) is 11.9 Å². The van der Waals surface area contributed by atoms with Gasteiger partial charge >= 0.3 is 0 Å². The Labute approximate surface area is 136 Å². The highest BCUT2D eigenvalue weighted by Crippen LogP contribution is 2.42. The van der Waals surface area contributed by atoms with E-state index in [9.17, 15) is 8.42 Å². The Hall–Kier alpha value is -0.470. The molecule has 5 nitrogen and oxygen atoms in total. The smallest absolute Gasteiger partial charge is 0.208 e. The van der Waals surface area contributed by atoms with Crippen LogP contribution in [0.2, 0.25) is 0 Å². The average Bonchev–Trinajstić information content (AvgIpc) is 2.95. The van der Waals surface area contributed by atoms with Crippen molar-refractivity contribution < 1.29 is 13.2 Å². The van der Waals surface area contributed by atoms with E-state index >= 15 is 0 Å². The van der Waals surface area contributed by atoms with Gasteiger partial charge in [-0.2, -0.15) is 0 Å². The van der Waals surface area contributed by atoms with Gasteiger partial charge in [-0.1, -0.05) is 0 Å². The molecular weight excluding hydrogens is 320 g/mol. The molecule has 22 heavy (non-hydrogen) atoms. The second-order valence-corrected chi connectivity index (χ2v) is 9.36. The third kappa shape index (κ3) is 3.54. The number of rotatable bonds is 6. The molecule has 0 bridgehead atoms. The molecule has 0 aliphatic carbocycles. The summed E-state index contributed by atoms with van der Waals surface area (Å²) in [5.74, 6) is 0.461. The Morgan fingerprint density at radius 3 is 2.91 bits per heavy atom. The van der Waals surface area contributed by atoms with Crippen molar-refractivity contribution in [1.82, 2.24) is 9.62 Å². The topological polar surface area (TPSA) is 58.6 Å². The van der Waals surface area contributed by atoms with Gasteiger partial charge in [-0.15, -0.1) is 11.3 Å². The lowest BCUT2D eigenvalue weighted by atomic mass is 9.79. The molecule has 3 heterocycles. The van der Waals surface area contributed by atoms with Crippen molar-refractivity contribution in [1.29, 1.82) is 0 Å². The van der Waals surface area contributed by atoms with Gasteiger partial charge in [0, 0.05) is 37.7 Å². The summed E-state index contributed by atoms with van der Waals surface area (Å²) >= 11 is 1.82. The van der Waals surface area contributed by atoms with Gasteiger partial charge in [0.2, 0.25) is 10.0 Å². The van der Waals surface area contributed by atoms with Gasteiger partial charge < -0.3 is 4.74 Å². The van der Waals surface area contributed by atoms with Gasteiger partial charge in [0.15, 0.2) is 0 Å². The Kier molecular flexibility index (Phi) is 4.62. The minimum atomic E-state index is -3.09. The average molecular weight is 345 g/mol. The summed E-state index contributed by atoms with van der Waals surface area (Å²) in [5.41, 5.74) is 1.33. The lowest BCUT2D eigenvalue weighted by Gasteiger charge is -2.50. The number of nitrogens with one attached hydrogen (secondary N) is 1. The SMILES string of the molecule is Cc1ccsc1CN1CC2(C1)OCCC2CCNS(C)(=O)=O. The van der Waals surface area contributed by atoms with Crippen molar-refractivity contribution in [3.8, 4) is 0 Å². The Morgan fingerprint density at radius 2 is 2.27 bits per heavy atom. The number of hydrogen-bond donors (Lipinski definition) is 1. The fourth-order valence-electron chi connectivity index (χ4n) is 3.55. The van der Waals surface area contributed by atoms with Crippen LogP contribution in [0.5, 0.6) is 0 Å². The number of ether oxygens (including phenoxy) is 1. The van der Waals surface area contributed by atoms with Crippen molar-refractivity contribution in [2.75, 3.05) is 32.5 Å². The predicted molar refractivity (Wildman–Crippen MR) is 88.6 cm³/mol. The summed E-state index contributed by atoms with van der Waals surface area (Å²) in [4.78, 5) is 3.87. The molecule has 0 radical (unpaired) electrons. The molecule has 2 saturated heterocycles. The fraction of sp³-hybridized carbons (Fsp3) is 0.733. The number of likely N-dealkylation sites (tertiary alicyclic amines) is 1. The monoisotopic (exact) mass is 344 g/mol. The highest BCUT2D eigenvalue weighted by molar-refractivity contribution is 7.88. The molecule has 124 valence electrons. The summed E-state index contributed by atoms with van der Waals surface area (Å²) in [6.45, 7) is 6.41. The minimum Gasteiger partial charge on any atom is -0.372 e. The molecule has 1 N–H and O–H groups in total. The van der Waals surface area contributed by atoms with Crippen molar-refractivity contribution in [3.63, 3.8) is 0 Å². The third-order valence-electron chi connectivity index (χ3n) is 4.77. The zero-order valence-corrected chi connectivity index (χ0v) is 14.8. The van der Waals surface area contributed by atoms with E-state index in [0.29, 0.717) is 12.5 Å². The van der Waals surface area contributed by atoms with E-state index in [2.05, 4.69) is 28.0 Å². The van der Waals surface area contributed by atoms with E-state index in [-0.39, 0.29) is 5.60 Å². The maximum Gasteiger partial charge on any atom is 0.208 e. The molecule has 2 aliphatic heterocycles. The van der Waals surface area contributed by atoms with Crippen LogP contribution in [-0.2, 0) is 21.3 Å². The van der Waals surface area contributed by atoms with Crippen molar-refractivity contribution >= 4 is 21.4 Å². The van der Waals surface area contributed by atoms with Gasteiger partial charge in [-0.05, 0) is 42.7 Å². The van der Waals surface area contributed by atoms with Crippen LogP contribution < -0.4 is 4.72 Å². The van der Waals surface area contributed by atoms with E-state index in [1.807, 2.05) is 11.3 Å². The zero-order valence-electron chi connectivity index (χ0n) is 13.2. The first-order chi connectivity index (χ1) is 10.4. The molecule has 1 aromatic rings. The molecule has 0 amide bonds. The second kappa shape index (κ2) is 6.20. The molecule has 3 rings (SSSR count). The molecule has 2 aliphatic rings. The van der Waals surface area contributed by atoms with E-state index in [1.54, 1.807) is 0 Å². The van der Waals surface area contributed by atoms with E-state index in [1.165, 1.54) is 16.7 Å². The Balaban J connectivity index is 1.51. The van der Waals surface area contributed by atoms with Gasteiger partial charge in [-0.3, -0.25) is 4.90 Å². The van der Waals surface area contributed by atoms with Crippen LogP contribution in [0.25, 0.3) is 0 Å². The largest absolute Gasteiger partial charge is 0.372 e. The quantitative estimate of drug-likeness (QED) is 0.851. The van der Waals surface area contributed by atoms with Crippen molar-refractivity contribution in [2.45, 2.75) is 31.9 Å². The van der Waals surface area contributed by atoms with E-state index in [0.717, 1.165) is 39.1 Å². The van der Waals surface area contributed by atoms with Gasteiger partial charge in [0.25, 0.3) is 0 Å². The Morgan fingerprint density at radius 1 is 1.50 bits per heavy atom. The maximum atomic E-state index is 11.2. The van der Waals surface area contributed by atoms with Crippen LogP contribution >= 0.6 is 11.3 Å². The highest BCUT2D eigenvalue weighted by Gasteiger charge is 2.52. The summed E-state index contributed by atoms with van der Waals surface area (Å²) in [7, 11) is -3.09. The molecule has 0 saturated carbocycles. The van der Waals surface area contributed by atoms with Crippen LogP contribution in [0, 0.1) is 12.8 Å². The molecular formula is C15H24N2O3S2. The minimum absolute atomic E-state index is 0.0374. The van der Waals surface area contributed by atoms with Crippen LogP contribution in [0.1, 0.15) is 23.3 Å². The molecule has 1 aromatic heterocycles. The second-order valence-electron chi connectivity index (χ2n) is 6.53. The number of hydrogen-bond acceptors (Lipinski definition) is 5. The van der Waals surface area contributed by atoms with Gasteiger partial charge in [-0.25, -0.2) is 13.1 Å². The molecule has 1 atom stereocenters. The molecule has 0 aromatic carbocycles. The molecule has 1 unspecified atom stereocenters. The lowest BCUT2D eigenvalue weighted by molar-refractivity contribution is -0.136.